The Bertz CT molecular complexity index is 329. The van der Waals surface area contributed by atoms with Crippen molar-refractivity contribution < 1.29 is 9.53 Å². The van der Waals surface area contributed by atoms with Gasteiger partial charge in [0.05, 0.1) is 7.11 Å². The first-order valence-corrected chi connectivity index (χ1v) is 6.20. The molecule has 1 unspecified atom stereocenters. The predicted octanol–water partition coefficient (Wildman–Crippen LogP) is 0.829. The van der Waals surface area contributed by atoms with Crippen molar-refractivity contribution in [2.75, 3.05) is 12.9 Å². The van der Waals surface area contributed by atoms with E-state index in [4.69, 9.17) is 5.73 Å². The zero-order valence-corrected chi connectivity index (χ0v) is 10.2. The number of carbonyl (C=O) groups excluding carboxylic acids is 1. The topological polar surface area (TPSA) is 78.1 Å². The van der Waals surface area contributed by atoms with Gasteiger partial charge in [-0.05, 0) is 13.3 Å². The van der Waals surface area contributed by atoms with E-state index in [2.05, 4.69) is 14.9 Å². The Morgan fingerprint density at radius 3 is 2.93 bits per heavy atom. The molecular weight excluding hydrogens is 234 g/mol. The van der Waals surface area contributed by atoms with E-state index >= 15 is 0 Å². The van der Waals surface area contributed by atoms with Gasteiger partial charge in [-0.25, -0.2) is 0 Å². The Kier molecular flexibility index (Phi) is 5.00. The molecule has 1 heterocycles. The number of carbonyl (C=O) groups is 1. The second-order valence-electron chi connectivity index (χ2n) is 2.85. The van der Waals surface area contributed by atoms with Crippen LogP contribution in [0, 0.1) is 6.92 Å². The van der Waals surface area contributed by atoms with Crippen LogP contribution in [0.5, 0.6) is 0 Å². The van der Waals surface area contributed by atoms with Gasteiger partial charge in [0, 0.05) is 5.75 Å². The second-order valence-corrected chi connectivity index (χ2v) is 5.38. The molecule has 1 aromatic rings. The van der Waals surface area contributed by atoms with Crippen molar-refractivity contribution in [2.45, 2.75) is 23.7 Å². The van der Waals surface area contributed by atoms with Crippen LogP contribution in [0.3, 0.4) is 0 Å². The summed E-state index contributed by atoms with van der Waals surface area (Å²) in [6.07, 6.45) is 0.579. The first-order chi connectivity index (χ1) is 7.13. The predicted molar refractivity (Wildman–Crippen MR) is 60.0 cm³/mol. The van der Waals surface area contributed by atoms with Crippen LogP contribution in [0.15, 0.2) is 4.34 Å². The fraction of sp³-hybridized carbons (Fsp3) is 0.625. The van der Waals surface area contributed by atoms with Gasteiger partial charge in [0.1, 0.15) is 11.0 Å². The summed E-state index contributed by atoms with van der Waals surface area (Å²) in [5.74, 6) is 0.370. The third-order valence-corrected chi connectivity index (χ3v) is 3.67. The fourth-order valence-corrected chi connectivity index (χ4v) is 2.79. The van der Waals surface area contributed by atoms with Crippen molar-refractivity contribution in [1.82, 2.24) is 10.2 Å². The van der Waals surface area contributed by atoms with Crippen molar-refractivity contribution >= 4 is 29.1 Å². The monoisotopic (exact) mass is 247 g/mol. The van der Waals surface area contributed by atoms with Crippen molar-refractivity contribution in [3.63, 3.8) is 0 Å². The number of nitrogens with two attached hydrogens (primary N) is 1. The Labute approximate surface area is 96.4 Å². The number of esters is 1. The molecule has 0 bridgehead atoms. The highest BCUT2D eigenvalue weighted by atomic mass is 32.2. The molecule has 1 rings (SSSR count). The first-order valence-electron chi connectivity index (χ1n) is 4.40. The zero-order valence-electron chi connectivity index (χ0n) is 8.60. The minimum absolute atomic E-state index is 0.371. The standard InChI is InChI=1S/C8H13N3O2S2/c1-5-10-11-8(15-5)14-4-3-6(9)7(12)13-2/h6H,3-4,9H2,1-2H3. The number of hydrogen-bond donors (Lipinski definition) is 1. The van der Waals surface area contributed by atoms with Gasteiger partial charge in [-0.15, -0.1) is 10.2 Å². The summed E-state index contributed by atoms with van der Waals surface area (Å²) >= 11 is 3.09. The van der Waals surface area contributed by atoms with E-state index in [1.165, 1.54) is 18.4 Å². The summed E-state index contributed by atoms with van der Waals surface area (Å²) in [7, 11) is 1.34. The molecule has 0 aliphatic carbocycles. The third-order valence-electron chi connectivity index (χ3n) is 1.67. The minimum atomic E-state index is -0.545. The maximum Gasteiger partial charge on any atom is 0.322 e. The molecule has 0 amide bonds. The average Bonchev–Trinajstić information content (AvgIpc) is 2.63. The van der Waals surface area contributed by atoms with Gasteiger partial charge in [0.15, 0.2) is 4.34 Å². The molecule has 0 saturated heterocycles. The molecule has 0 aliphatic heterocycles. The quantitative estimate of drug-likeness (QED) is 0.613. The van der Waals surface area contributed by atoms with Crippen molar-refractivity contribution in [1.29, 1.82) is 0 Å². The SMILES string of the molecule is COC(=O)C(N)CCSc1nnc(C)s1. The lowest BCUT2D eigenvalue weighted by atomic mass is 10.2. The van der Waals surface area contributed by atoms with Crippen LogP contribution in [-0.2, 0) is 9.53 Å². The molecule has 5 nitrogen and oxygen atoms in total. The molecule has 15 heavy (non-hydrogen) atoms. The summed E-state index contributed by atoms with van der Waals surface area (Å²) in [6, 6.07) is -0.545. The van der Waals surface area contributed by atoms with Crippen molar-refractivity contribution in [3.05, 3.63) is 5.01 Å². The van der Waals surface area contributed by atoms with Gasteiger partial charge >= 0.3 is 5.97 Å². The van der Waals surface area contributed by atoms with Gasteiger partial charge in [0.2, 0.25) is 0 Å². The van der Waals surface area contributed by atoms with Crippen molar-refractivity contribution in [3.8, 4) is 0 Å². The molecule has 0 aromatic carbocycles. The van der Waals surface area contributed by atoms with Gasteiger partial charge in [-0.1, -0.05) is 23.1 Å². The van der Waals surface area contributed by atoms with Gasteiger partial charge in [0.25, 0.3) is 0 Å². The number of aryl methyl sites for hydroxylation is 1. The normalized spacial score (nSPS) is 12.5. The number of rotatable bonds is 5. The van der Waals surface area contributed by atoms with Gasteiger partial charge in [-0.3, -0.25) is 4.79 Å². The Balaban J connectivity index is 2.24. The van der Waals surface area contributed by atoms with Crippen molar-refractivity contribution in [2.24, 2.45) is 5.73 Å². The van der Waals surface area contributed by atoms with E-state index < -0.39 is 6.04 Å². The van der Waals surface area contributed by atoms with E-state index in [-0.39, 0.29) is 5.97 Å². The average molecular weight is 247 g/mol. The largest absolute Gasteiger partial charge is 0.468 e. The second kappa shape index (κ2) is 6.04. The lowest BCUT2D eigenvalue weighted by Gasteiger charge is -2.07. The van der Waals surface area contributed by atoms with Crippen LogP contribution in [0.2, 0.25) is 0 Å². The Morgan fingerprint density at radius 2 is 2.40 bits per heavy atom. The number of aromatic nitrogens is 2. The Hall–Kier alpha value is -0.660. The van der Waals surface area contributed by atoms with E-state index in [1.807, 2.05) is 6.92 Å². The molecule has 1 aromatic heterocycles. The lowest BCUT2D eigenvalue weighted by Crippen LogP contribution is -2.31. The van der Waals surface area contributed by atoms with Crippen LogP contribution in [0.25, 0.3) is 0 Å². The summed E-state index contributed by atoms with van der Waals surface area (Å²) in [4.78, 5) is 11.0. The van der Waals surface area contributed by atoms with Crippen LogP contribution in [0.1, 0.15) is 11.4 Å². The number of hydrogen-bond acceptors (Lipinski definition) is 7. The van der Waals surface area contributed by atoms with E-state index in [0.29, 0.717) is 6.42 Å². The number of thioether (sulfide) groups is 1. The molecule has 7 heteroatoms. The molecule has 0 spiro atoms. The van der Waals surface area contributed by atoms with E-state index in [0.717, 1.165) is 15.1 Å². The zero-order chi connectivity index (χ0) is 11.3. The summed E-state index contributed by atoms with van der Waals surface area (Å²) in [5, 5.41) is 8.78. The van der Waals surface area contributed by atoms with Gasteiger partial charge < -0.3 is 10.5 Å². The molecule has 2 N–H and O–H groups in total. The van der Waals surface area contributed by atoms with Crippen LogP contribution in [0.4, 0.5) is 0 Å². The maximum atomic E-state index is 11.0. The number of ether oxygens (including phenoxy) is 1. The fourth-order valence-electron chi connectivity index (χ4n) is 0.879. The Morgan fingerprint density at radius 1 is 1.67 bits per heavy atom. The highest BCUT2D eigenvalue weighted by Crippen LogP contribution is 2.22. The molecule has 0 aliphatic rings. The van der Waals surface area contributed by atoms with Crippen LogP contribution < -0.4 is 5.73 Å². The maximum absolute atomic E-state index is 11.0. The molecular formula is C8H13N3O2S2. The molecule has 0 saturated carbocycles. The summed E-state index contributed by atoms with van der Waals surface area (Å²) in [6.45, 7) is 1.90. The van der Waals surface area contributed by atoms with Crippen LogP contribution >= 0.6 is 23.1 Å². The summed E-state index contributed by atoms with van der Waals surface area (Å²) < 4.78 is 5.43. The van der Waals surface area contributed by atoms with Crippen LogP contribution in [-0.4, -0.2) is 35.1 Å². The molecule has 0 radical (unpaired) electrons. The smallest absolute Gasteiger partial charge is 0.322 e. The molecule has 84 valence electrons. The first kappa shape index (κ1) is 12.4. The number of methoxy groups -OCH3 is 1. The highest BCUT2D eigenvalue weighted by molar-refractivity contribution is 8.01. The molecule has 0 fully saturated rings. The number of nitrogens with zero attached hydrogens (tertiary/aromatic N) is 2. The third kappa shape index (κ3) is 4.15. The lowest BCUT2D eigenvalue weighted by molar-refractivity contribution is -0.142. The van der Waals surface area contributed by atoms with Gasteiger partial charge in [-0.2, -0.15) is 0 Å². The highest BCUT2D eigenvalue weighted by Gasteiger charge is 2.13. The van der Waals surface area contributed by atoms with E-state index in [9.17, 15) is 4.79 Å². The van der Waals surface area contributed by atoms with E-state index in [1.54, 1.807) is 11.8 Å². The molecule has 1 atom stereocenters. The minimum Gasteiger partial charge on any atom is -0.468 e. The summed E-state index contributed by atoms with van der Waals surface area (Å²) in [5.41, 5.74) is 5.58.